The van der Waals surface area contributed by atoms with E-state index >= 15 is 0 Å². The van der Waals surface area contributed by atoms with Crippen molar-refractivity contribution in [3.05, 3.63) is 68.7 Å². The molecular weight excluding hydrogens is 310 g/mol. The van der Waals surface area contributed by atoms with E-state index in [0.29, 0.717) is 0 Å². The van der Waals surface area contributed by atoms with Gasteiger partial charge < -0.3 is 5.32 Å². The number of hydrogen-bond acceptors (Lipinski definition) is 1. The first kappa shape index (κ1) is 13.6. The van der Waals surface area contributed by atoms with Gasteiger partial charge in [-0.05, 0) is 42.8 Å². The lowest BCUT2D eigenvalue weighted by molar-refractivity contribution is 0.691. The molecule has 1 nitrogen and oxygen atoms in total. The van der Waals surface area contributed by atoms with E-state index < -0.39 is 0 Å². The smallest absolute Gasteiger partial charge is 0.0589 e. The molecule has 18 heavy (non-hydrogen) atoms. The molecule has 0 aliphatic rings. The summed E-state index contributed by atoms with van der Waals surface area (Å²) in [5, 5.41) is 4.11. The highest BCUT2D eigenvalue weighted by Crippen LogP contribution is 2.29. The minimum Gasteiger partial charge on any atom is -0.309 e. The molecule has 0 aliphatic carbocycles. The lowest BCUT2D eigenvalue weighted by Gasteiger charge is -2.19. The van der Waals surface area contributed by atoms with E-state index in [1.165, 1.54) is 11.1 Å². The van der Waals surface area contributed by atoms with Crippen molar-refractivity contribution in [2.24, 2.45) is 0 Å². The number of nitrogens with one attached hydrogen (secondary N) is 1. The van der Waals surface area contributed by atoms with Crippen molar-refractivity contribution in [2.45, 2.75) is 13.0 Å². The van der Waals surface area contributed by atoms with Crippen LogP contribution in [0.2, 0.25) is 5.02 Å². The molecule has 0 radical (unpaired) electrons. The molecule has 0 heterocycles. The molecule has 2 aromatic rings. The quantitative estimate of drug-likeness (QED) is 0.861. The summed E-state index contributed by atoms with van der Waals surface area (Å²) in [5.74, 6) is 0. The zero-order valence-corrected chi connectivity index (χ0v) is 12.7. The minimum absolute atomic E-state index is 0.116. The van der Waals surface area contributed by atoms with E-state index in [9.17, 15) is 0 Å². The Balaban J connectivity index is 2.45. The highest BCUT2D eigenvalue weighted by Gasteiger charge is 2.15. The normalized spacial score (nSPS) is 12.4. The lowest BCUT2D eigenvalue weighted by atomic mass is 9.97. The molecule has 1 atom stereocenters. The minimum atomic E-state index is 0.116. The molecule has 94 valence electrons. The molecule has 0 saturated carbocycles. The first-order valence-electron chi connectivity index (χ1n) is 5.81. The van der Waals surface area contributed by atoms with Gasteiger partial charge in [0, 0.05) is 9.50 Å². The fraction of sp³-hybridized carbons (Fsp3) is 0.200. The van der Waals surface area contributed by atoms with Gasteiger partial charge in [-0.25, -0.2) is 0 Å². The summed E-state index contributed by atoms with van der Waals surface area (Å²) in [5.41, 5.74) is 3.54. The summed E-state index contributed by atoms with van der Waals surface area (Å²) in [6.45, 7) is 2.09. The molecule has 1 N–H and O–H groups in total. The van der Waals surface area contributed by atoms with Crippen molar-refractivity contribution in [2.75, 3.05) is 7.05 Å². The highest BCUT2D eigenvalue weighted by molar-refractivity contribution is 9.10. The maximum absolute atomic E-state index is 6.27. The number of rotatable bonds is 3. The van der Waals surface area contributed by atoms with Crippen molar-refractivity contribution in [1.82, 2.24) is 5.32 Å². The van der Waals surface area contributed by atoms with E-state index in [2.05, 4.69) is 52.4 Å². The van der Waals surface area contributed by atoms with Crippen LogP contribution < -0.4 is 5.32 Å². The van der Waals surface area contributed by atoms with Gasteiger partial charge in [0.2, 0.25) is 0 Å². The maximum atomic E-state index is 6.27. The van der Waals surface area contributed by atoms with Gasteiger partial charge in [0.05, 0.1) is 6.04 Å². The van der Waals surface area contributed by atoms with Crippen molar-refractivity contribution >= 4 is 27.5 Å². The zero-order valence-electron chi connectivity index (χ0n) is 10.4. The average molecular weight is 325 g/mol. The monoisotopic (exact) mass is 323 g/mol. The Morgan fingerprint density at radius 1 is 1.17 bits per heavy atom. The second-order valence-corrected chi connectivity index (χ2v) is 5.51. The van der Waals surface area contributed by atoms with Gasteiger partial charge in [-0.2, -0.15) is 0 Å². The Morgan fingerprint density at radius 3 is 2.50 bits per heavy atom. The first-order valence-corrected chi connectivity index (χ1v) is 6.98. The van der Waals surface area contributed by atoms with Crippen LogP contribution in [0.3, 0.4) is 0 Å². The Kier molecular flexibility index (Phi) is 4.44. The Bertz CT molecular complexity index is 554. The fourth-order valence-corrected chi connectivity index (χ4v) is 2.55. The second kappa shape index (κ2) is 5.87. The summed E-state index contributed by atoms with van der Waals surface area (Å²) in [7, 11) is 1.95. The average Bonchev–Trinajstić information content (AvgIpc) is 2.37. The van der Waals surface area contributed by atoms with Gasteiger partial charge in [-0.15, -0.1) is 0 Å². The van der Waals surface area contributed by atoms with Crippen LogP contribution in [0, 0.1) is 6.92 Å². The Morgan fingerprint density at radius 2 is 1.89 bits per heavy atom. The summed E-state index contributed by atoms with van der Waals surface area (Å²) < 4.78 is 1.13. The lowest BCUT2D eigenvalue weighted by Crippen LogP contribution is -2.18. The van der Waals surface area contributed by atoms with Gasteiger partial charge in [0.15, 0.2) is 0 Å². The third-order valence-electron chi connectivity index (χ3n) is 3.02. The van der Waals surface area contributed by atoms with Crippen LogP contribution in [0.15, 0.2) is 46.9 Å². The van der Waals surface area contributed by atoms with Crippen LogP contribution in [0.1, 0.15) is 22.7 Å². The zero-order chi connectivity index (χ0) is 13.1. The molecule has 0 saturated heterocycles. The van der Waals surface area contributed by atoms with E-state index in [0.717, 1.165) is 15.1 Å². The molecule has 0 aromatic heterocycles. The molecule has 0 aliphatic heterocycles. The van der Waals surface area contributed by atoms with E-state index in [-0.39, 0.29) is 6.04 Å². The van der Waals surface area contributed by atoms with Gasteiger partial charge in [0.25, 0.3) is 0 Å². The number of benzene rings is 2. The number of hydrogen-bond donors (Lipinski definition) is 1. The third-order valence-corrected chi connectivity index (χ3v) is 4.25. The maximum Gasteiger partial charge on any atom is 0.0589 e. The summed E-state index contributed by atoms with van der Waals surface area (Å²) in [4.78, 5) is 0. The molecule has 2 rings (SSSR count). The largest absolute Gasteiger partial charge is 0.309 e. The molecule has 0 fully saturated rings. The molecule has 0 bridgehead atoms. The molecule has 0 spiro atoms. The summed E-state index contributed by atoms with van der Waals surface area (Å²) in [6.07, 6.45) is 0. The molecule has 3 heteroatoms. The van der Waals surface area contributed by atoms with Gasteiger partial charge in [-0.3, -0.25) is 0 Å². The Labute approximate surface area is 121 Å². The summed E-state index contributed by atoms with van der Waals surface area (Å²) >= 11 is 9.79. The first-order chi connectivity index (χ1) is 8.63. The van der Waals surface area contributed by atoms with Crippen LogP contribution in [0.5, 0.6) is 0 Å². The van der Waals surface area contributed by atoms with E-state index in [1.807, 2.05) is 25.2 Å². The highest BCUT2D eigenvalue weighted by atomic mass is 79.9. The number of halogens is 2. The molecule has 1 unspecified atom stereocenters. The topological polar surface area (TPSA) is 12.0 Å². The van der Waals surface area contributed by atoms with Crippen LogP contribution in [0.25, 0.3) is 0 Å². The second-order valence-electron chi connectivity index (χ2n) is 4.25. The summed E-state index contributed by atoms with van der Waals surface area (Å²) in [6, 6.07) is 14.4. The van der Waals surface area contributed by atoms with Crippen LogP contribution >= 0.6 is 27.5 Å². The predicted molar refractivity (Wildman–Crippen MR) is 81.2 cm³/mol. The van der Waals surface area contributed by atoms with Crippen molar-refractivity contribution in [3.8, 4) is 0 Å². The number of aryl methyl sites for hydroxylation is 1. The van der Waals surface area contributed by atoms with Gasteiger partial charge in [-0.1, -0.05) is 57.9 Å². The van der Waals surface area contributed by atoms with Gasteiger partial charge in [0.1, 0.15) is 0 Å². The predicted octanol–water partition coefficient (Wildman–Crippen LogP) is 4.72. The fourth-order valence-electron chi connectivity index (χ4n) is 2.06. The third kappa shape index (κ3) is 2.77. The van der Waals surface area contributed by atoms with Crippen molar-refractivity contribution in [3.63, 3.8) is 0 Å². The molecule has 0 amide bonds. The van der Waals surface area contributed by atoms with Gasteiger partial charge >= 0.3 is 0 Å². The standard InChI is InChI=1S/C15H15BrClN/c1-10-9-11(7-8-13(10)16)15(18-2)12-5-3-4-6-14(12)17/h3-9,15,18H,1-2H3. The van der Waals surface area contributed by atoms with Crippen molar-refractivity contribution < 1.29 is 0 Å². The van der Waals surface area contributed by atoms with Crippen LogP contribution in [-0.4, -0.2) is 7.05 Å². The van der Waals surface area contributed by atoms with E-state index in [4.69, 9.17) is 11.6 Å². The SMILES string of the molecule is CNC(c1ccc(Br)c(C)c1)c1ccccc1Cl. The molecular formula is C15H15BrClN. The van der Waals surface area contributed by atoms with E-state index in [1.54, 1.807) is 0 Å². The van der Waals surface area contributed by atoms with Crippen LogP contribution in [-0.2, 0) is 0 Å². The van der Waals surface area contributed by atoms with Crippen molar-refractivity contribution in [1.29, 1.82) is 0 Å². The van der Waals surface area contributed by atoms with Crippen LogP contribution in [0.4, 0.5) is 0 Å². The molecule has 2 aromatic carbocycles. The Hall–Kier alpha value is -0.830.